The topological polar surface area (TPSA) is 139 Å². The summed E-state index contributed by atoms with van der Waals surface area (Å²) in [5.41, 5.74) is 2.18. The van der Waals surface area contributed by atoms with Crippen molar-refractivity contribution in [3.8, 4) is 17.2 Å². The van der Waals surface area contributed by atoms with Crippen LogP contribution in [-0.2, 0) is 38.0 Å². The van der Waals surface area contributed by atoms with Crippen LogP contribution in [0.25, 0.3) is 5.69 Å². The third kappa shape index (κ3) is 10.3. The van der Waals surface area contributed by atoms with Crippen molar-refractivity contribution in [2.45, 2.75) is 65.2 Å². The number of hydrogen-bond donors (Lipinski definition) is 3. The molecular weight excluding hydrogens is 871 g/mol. The summed E-state index contributed by atoms with van der Waals surface area (Å²) in [5.74, 6) is 0.149. The summed E-state index contributed by atoms with van der Waals surface area (Å²) < 4.78 is 12.3. The molecule has 299 valence electrons. The molecule has 0 aliphatic heterocycles. The zero-order valence-electron chi connectivity index (χ0n) is 31.9. The van der Waals surface area contributed by atoms with Crippen molar-refractivity contribution in [3.63, 3.8) is 0 Å². The molecule has 56 heavy (non-hydrogen) atoms. The molecule has 0 saturated carbocycles. The first-order valence-electron chi connectivity index (χ1n) is 17.6. The van der Waals surface area contributed by atoms with Gasteiger partial charge in [-0.3, -0.25) is 19.5 Å². The number of anilines is 2. The molecule has 5 aromatic rings. The number of carbonyl (C=O) groups is 2. The molecule has 0 aliphatic rings. The molecule has 3 N–H and O–H groups in total. The number of aromatic amines is 1. The molecule has 5 rings (SSSR count). The standard InChI is InChI=1S/C41H43Cl3N6O5.Ag/c1-8-40(3,4)25-13-18-33(30(20-25)41(5,6)9-2)55-23-34(51)45-28-12-10-11-24(19-28)38(52)46-37-35(48-47-27-14-16-29(54-7)17-15-27)39(53)50(49-37)36-31(43)21-26(42)22-32(36)44;/h10-22,49H,8-9,23H2,1-7H3,(H,45,51)(H,46,52);/b48-47+;. The molecule has 11 nitrogen and oxygen atoms in total. The molecule has 15 heteroatoms. The maximum absolute atomic E-state index is 13.7. The van der Waals surface area contributed by atoms with Gasteiger partial charge in [0.2, 0.25) is 0 Å². The Labute approximate surface area is 356 Å². The molecule has 0 saturated heterocycles. The van der Waals surface area contributed by atoms with Crippen LogP contribution >= 0.6 is 34.8 Å². The van der Waals surface area contributed by atoms with E-state index < -0.39 is 17.4 Å². The minimum absolute atomic E-state index is 0. The molecule has 2 amide bonds. The number of halogens is 3. The van der Waals surface area contributed by atoms with Crippen LogP contribution < -0.4 is 25.7 Å². The number of aromatic nitrogens is 2. The van der Waals surface area contributed by atoms with E-state index >= 15 is 0 Å². The average molecular weight is 914 g/mol. The zero-order valence-corrected chi connectivity index (χ0v) is 35.7. The number of hydrogen-bond acceptors (Lipinski definition) is 7. The summed E-state index contributed by atoms with van der Waals surface area (Å²) in [6.07, 6.45) is 1.86. The van der Waals surface area contributed by atoms with Crippen LogP contribution in [0.15, 0.2) is 93.9 Å². The quantitative estimate of drug-likeness (QED) is 0.0752. The Hall–Kier alpha value is -4.36. The number of rotatable bonds is 14. The zero-order chi connectivity index (χ0) is 40.1. The summed E-state index contributed by atoms with van der Waals surface area (Å²) in [6, 6.07) is 22.0. The van der Waals surface area contributed by atoms with Gasteiger partial charge in [0.25, 0.3) is 11.8 Å². The van der Waals surface area contributed by atoms with Gasteiger partial charge in [-0.1, -0.05) is 94.5 Å². The third-order valence-electron chi connectivity index (χ3n) is 9.67. The van der Waals surface area contributed by atoms with E-state index in [1.807, 2.05) is 6.07 Å². The second-order valence-electron chi connectivity index (χ2n) is 14.1. The molecule has 0 bridgehead atoms. The first kappa shape index (κ1) is 44.4. The van der Waals surface area contributed by atoms with E-state index in [1.165, 1.54) is 30.9 Å². The average Bonchev–Trinajstić information content (AvgIpc) is 3.45. The number of carbonyl (C=O) groups excluding carboxylic acids is 2. The van der Waals surface area contributed by atoms with Gasteiger partial charge in [0.15, 0.2) is 18.1 Å². The van der Waals surface area contributed by atoms with E-state index in [0.29, 0.717) is 22.9 Å². The summed E-state index contributed by atoms with van der Waals surface area (Å²) in [6.45, 7) is 12.8. The largest absolute Gasteiger partial charge is 0.497 e. The van der Waals surface area contributed by atoms with Crippen LogP contribution in [-0.4, -0.2) is 35.3 Å². The van der Waals surface area contributed by atoms with Gasteiger partial charge >= 0.3 is 5.56 Å². The number of H-pyrrole nitrogens is 1. The number of nitrogens with zero attached hydrogens (tertiary/aromatic N) is 3. The number of amides is 2. The monoisotopic (exact) mass is 911 g/mol. The predicted octanol–water partition coefficient (Wildman–Crippen LogP) is 11.2. The van der Waals surface area contributed by atoms with E-state index in [4.69, 9.17) is 44.3 Å². The Morgan fingerprint density at radius 2 is 1.50 bits per heavy atom. The maximum Gasteiger partial charge on any atom is 0.301 e. The van der Waals surface area contributed by atoms with Crippen molar-refractivity contribution in [2.24, 2.45) is 10.2 Å². The van der Waals surface area contributed by atoms with Gasteiger partial charge in [-0.2, -0.15) is 5.11 Å². The minimum atomic E-state index is -0.700. The van der Waals surface area contributed by atoms with E-state index in [2.05, 4.69) is 79.6 Å². The molecule has 1 aromatic heterocycles. The van der Waals surface area contributed by atoms with Gasteiger partial charge in [0.05, 0.1) is 22.8 Å². The molecule has 0 unspecified atom stereocenters. The molecule has 1 radical (unpaired) electrons. The van der Waals surface area contributed by atoms with Crippen molar-refractivity contribution in [2.75, 3.05) is 24.4 Å². The Morgan fingerprint density at radius 3 is 2.12 bits per heavy atom. The van der Waals surface area contributed by atoms with Gasteiger partial charge in [-0.05, 0) is 89.9 Å². The minimum Gasteiger partial charge on any atom is -0.497 e. The Balaban J connectivity index is 0.00000696. The smallest absolute Gasteiger partial charge is 0.301 e. The Morgan fingerprint density at radius 1 is 0.839 bits per heavy atom. The second-order valence-corrected chi connectivity index (χ2v) is 15.4. The van der Waals surface area contributed by atoms with Crippen LogP contribution in [0.3, 0.4) is 0 Å². The van der Waals surface area contributed by atoms with Crippen LogP contribution in [0.4, 0.5) is 22.9 Å². The molecular formula is C41H43AgCl3N6O5. The van der Waals surface area contributed by atoms with Gasteiger partial charge in [0.1, 0.15) is 17.2 Å². The fourth-order valence-electron chi connectivity index (χ4n) is 5.54. The number of nitrogens with one attached hydrogen (secondary N) is 3. The third-order valence-corrected chi connectivity index (χ3v) is 10.5. The van der Waals surface area contributed by atoms with E-state index in [9.17, 15) is 14.4 Å². The number of benzene rings is 4. The van der Waals surface area contributed by atoms with Crippen molar-refractivity contribution in [1.82, 2.24) is 9.78 Å². The molecule has 0 fully saturated rings. The molecule has 0 aliphatic carbocycles. The van der Waals surface area contributed by atoms with Gasteiger partial charge in [-0.15, -0.1) is 5.11 Å². The number of ether oxygens (including phenoxy) is 2. The van der Waals surface area contributed by atoms with Crippen LogP contribution in [0.5, 0.6) is 11.5 Å². The fourth-order valence-corrected chi connectivity index (χ4v) is 6.52. The molecule has 1 heterocycles. The summed E-state index contributed by atoms with van der Waals surface area (Å²) >= 11 is 19.0. The van der Waals surface area contributed by atoms with Crippen molar-refractivity contribution < 1.29 is 41.4 Å². The molecule has 0 spiro atoms. The van der Waals surface area contributed by atoms with Crippen molar-refractivity contribution in [1.29, 1.82) is 0 Å². The van der Waals surface area contributed by atoms with Crippen molar-refractivity contribution in [3.05, 3.63) is 121 Å². The second kappa shape index (κ2) is 18.7. The molecule has 0 atom stereocenters. The predicted molar refractivity (Wildman–Crippen MR) is 220 cm³/mol. The van der Waals surface area contributed by atoms with Gasteiger partial charge in [0, 0.05) is 44.2 Å². The van der Waals surface area contributed by atoms with Crippen LogP contribution in [0.1, 0.15) is 75.9 Å². The molecule has 4 aromatic carbocycles. The van der Waals surface area contributed by atoms with Crippen molar-refractivity contribution >= 4 is 69.5 Å². The Kier molecular flexibility index (Phi) is 14.8. The fraction of sp³-hybridized carbons (Fsp3) is 0.293. The SMILES string of the molecule is CCC(C)(C)c1ccc(OCC(=O)Nc2cccc(C(=O)Nc3[nH]n(-c4c(Cl)cc(Cl)cc4Cl)c(=O)c3/N=N/c3ccc(OC)cc3)c2)c(C(C)(C)CC)c1.[Ag]. The van der Waals surface area contributed by atoms with E-state index in [1.54, 1.807) is 42.5 Å². The van der Waals surface area contributed by atoms with Crippen LogP contribution in [0.2, 0.25) is 15.1 Å². The summed E-state index contributed by atoms with van der Waals surface area (Å²) in [4.78, 5) is 40.5. The van der Waals surface area contributed by atoms with Gasteiger partial charge < -0.3 is 20.1 Å². The normalized spacial score (nSPS) is 11.6. The van der Waals surface area contributed by atoms with Crippen LogP contribution in [0, 0.1) is 0 Å². The first-order valence-corrected chi connectivity index (χ1v) is 18.7. The number of methoxy groups -OCH3 is 1. The number of azo groups is 1. The van der Waals surface area contributed by atoms with E-state index in [0.717, 1.165) is 23.1 Å². The Bertz CT molecular complexity index is 2280. The maximum atomic E-state index is 13.7. The summed E-state index contributed by atoms with van der Waals surface area (Å²) in [5, 5.41) is 17.1. The van der Waals surface area contributed by atoms with Gasteiger partial charge in [-0.25, -0.2) is 4.68 Å². The van der Waals surface area contributed by atoms with E-state index in [-0.39, 0.29) is 77.6 Å². The summed E-state index contributed by atoms with van der Waals surface area (Å²) in [7, 11) is 1.54. The first-order chi connectivity index (χ1) is 26.1.